The fourth-order valence-corrected chi connectivity index (χ4v) is 11.3. The van der Waals surface area contributed by atoms with E-state index in [0.717, 1.165) is 44.9 Å². The van der Waals surface area contributed by atoms with Crippen molar-refractivity contribution in [1.82, 2.24) is 9.55 Å². The molecule has 2 N–H and O–H groups in total. The van der Waals surface area contributed by atoms with Gasteiger partial charge in [0.2, 0.25) is 6.79 Å². The van der Waals surface area contributed by atoms with Gasteiger partial charge in [-0.25, -0.2) is 18.2 Å². The molecule has 1 unspecified atom stereocenters. The lowest BCUT2D eigenvalue weighted by Crippen LogP contribution is -2.34. The number of pyridine rings is 1. The van der Waals surface area contributed by atoms with E-state index in [9.17, 15) is 32.7 Å². The molecule has 2 aromatic rings. The van der Waals surface area contributed by atoms with Gasteiger partial charge in [-0.15, -0.1) is 0 Å². The van der Waals surface area contributed by atoms with Crippen LogP contribution in [0.4, 0.5) is 10.5 Å². The third kappa shape index (κ3) is 11.6. The second kappa shape index (κ2) is 19.8. The standard InChI is InChI=1S/C36H52ClN4O11PS/c1-2-3-4-5-6-7-8-9-10-11-12-13-18-29(42)48-23-49-53(44,45)24-54(46,47)22-28-31-32(52-36(43)51-31)35(50-28)41-20-19-26-30(39-25-16-14-15-17-25)27(21-38)33(37)40-34(26)41/h19-20,25,28,31-32,35H,2-18,22-24H2,1H3,(H,39,40)(H,44,45)/t28-,31-,32-,35-/m1/s1. The highest BCUT2D eigenvalue weighted by Crippen LogP contribution is 2.46. The van der Waals surface area contributed by atoms with E-state index in [2.05, 4.69) is 23.3 Å². The molecule has 2 aromatic heterocycles. The SMILES string of the molecule is CCCCCCCCCCCCCCC(=O)OCOP(=O)(O)CS(=O)(=O)C[C@H]1O[C@@H](n2ccc3c(NC4CCCC4)c(C#N)c(Cl)nc32)[C@@H]2OC(=O)O[C@@H]21. The van der Waals surface area contributed by atoms with Gasteiger partial charge in [0.15, 0.2) is 38.9 Å². The Balaban J connectivity index is 1.09. The molecule has 4 heterocycles. The molecule has 18 heteroatoms. The Kier molecular flexibility index (Phi) is 15.5. The molecule has 3 aliphatic rings. The largest absolute Gasteiger partial charge is 0.509 e. The van der Waals surface area contributed by atoms with Crippen molar-refractivity contribution < 1.29 is 50.9 Å². The lowest BCUT2D eigenvalue weighted by atomic mass is 10.0. The molecule has 54 heavy (non-hydrogen) atoms. The Morgan fingerprint density at radius 3 is 2.35 bits per heavy atom. The highest BCUT2D eigenvalue weighted by atomic mass is 35.5. The number of rotatable bonds is 23. The third-order valence-corrected chi connectivity index (χ3v) is 14.6. The van der Waals surface area contributed by atoms with Crippen LogP contribution in [0.3, 0.4) is 0 Å². The summed E-state index contributed by atoms with van der Waals surface area (Å²) in [5.41, 5.74) is -0.288. The fourth-order valence-electron chi connectivity index (χ4n) is 7.40. The molecule has 0 aromatic carbocycles. The number of nitrogens with zero attached hydrogens (tertiary/aromatic N) is 3. The number of carbonyl (C=O) groups is 2. The van der Waals surface area contributed by atoms with Gasteiger partial charge in [-0.1, -0.05) is 102 Å². The number of ether oxygens (including phenoxy) is 4. The van der Waals surface area contributed by atoms with Crippen molar-refractivity contribution in [2.45, 2.75) is 147 Å². The van der Waals surface area contributed by atoms with Gasteiger partial charge in [0, 0.05) is 24.0 Å². The normalized spacial score (nSPS) is 22.4. The van der Waals surface area contributed by atoms with Crippen molar-refractivity contribution >= 4 is 57.9 Å². The Morgan fingerprint density at radius 2 is 1.70 bits per heavy atom. The van der Waals surface area contributed by atoms with E-state index in [4.69, 9.17) is 35.1 Å². The van der Waals surface area contributed by atoms with Gasteiger partial charge in [-0.3, -0.25) is 13.9 Å². The molecule has 0 spiro atoms. The number of nitriles is 1. The summed E-state index contributed by atoms with van der Waals surface area (Å²) in [5, 5.41) is 13.8. The first kappa shape index (κ1) is 42.2. The molecule has 0 radical (unpaired) electrons. The number of nitrogens with one attached hydrogen (secondary N) is 1. The minimum absolute atomic E-state index is 0.0486. The number of fused-ring (bicyclic) bond motifs is 2. The molecule has 2 saturated heterocycles. The van der Waals surface area contributed by atoms with E-state index in [1.165, 1.54) is 55.9 Å². The van der Waals surface area contributed by atoms with Gasteiger partial charge in [0.05, 0.1) is 11.4 Å². The number of carbonyl (C=O) groups excluding carboxylic acids is 2. The molecule has 300 valence electrons. The fraction of sp³-hybridized carbons (Fsp3) is 0.722. The number of unbranched alkanes of at least 4 members (excludes halogenated alkanes) is 11. The summed E-state index contributed by atoms with van der Waals surface area (Å²) >= 11 is 6.45. The molecule has 15 nitrogen and oxygen atoms in total. The summed E-state index contributed by atoms with van der Waals surface area (Å²) in [6.07, 6.45) is 13.8. The Labute approximate surface area is 321 Å². The van der Waals surface area contributed by atoms with Gasteiger partial charge < -0.3 is 33.7 Å². The van der Waals surface area contributed by atoms with Crippen molar-refractivity contribution in [3.63, 3.8) is 0 Å². The van der Waals surface area contributed by atoms with Gasteiger partial charge >= 0.3 is 19.7 Å². The second-order valence-electron chi connectivity index (χ2n) is 14.4. The van der Waals surface area contributed by atoms with Crippen LogP contribution in [0, 0.1) is 11.3 Å². The van der Waals surface area contributed by atoms with Crippen molar-refractivity contribution in [1.29, 1.82) is 5.26 Å². The Hall–Kier alpha value is -2.93. The molecular formula is C36H52ClN4O11PS. The number of halogens is 1. The summed E-state index contributed by atoms with van der Waals surface area (Å²) in [4.78, 5) is 39.1. The number of sulfone groups is 1. The third-order valence-electron chi connectivity index (χ3n) is 10.1. The van der Waals surface area contributed by atoms with Gasteiger partial charge in [0.25, 0.3) is 0 Å². The van der Waals surface area contributed by atoms with Crippen molar-refractivity contribution in [3.05, 3.63) is 23.0 Å². The zero-order chi connectivity index (χ0) is 38.7. The zero-order valence-corrected chi connectivity index (χ0v) is 33.3. The summed E-state index contributed by atoms with van der Waals surface area (Å²) in [7, 11) is -9.15. The van der Waals surface area contributed by atoms with Crippen LogP contribution in [0.25, 0.3) is 11.0 Å². The van der Waals surface area contributed by atoms with Crippen LogP contribution in [0.1, 0.15) is 128 Å². The van der Waals surface area contributed by atoms with Gasteiger partial charge in [-0.05, 0) is 25.3 Å². The molecule has 3 fully saturated rings. The van der Waals surface area contributed by atoms with Crippen molar-refractivity contribution in [3.8, 4) is 6.07 Å². The van der Waals surface area contributed by atoms with E-state index in [1.807, 2.05) is 0 Å². The first-order valence-corrected chi connectivity index (χ1v) is 23.1. The van der Waals surface area contributed by atoms with Crippen LogP contribution < -0.4 is 5.32 Å². The Morgan fingerprint density at radius 1 is 1.07 bits per heavy atom. The lowest BCUT2D eigenvalue weighted by Gasteiger charge is -2.20. The predicted molar refractivity (Wildman–Crippen MR) is 201 cm³/mol. The molecule has 2 aliphatic heterocycles. The molecule has 0 amide bonds. The number of hydrogen-bond acceptors (Lipinski definition) is 13. The van der Waals surface area contributed by atoms with E-state index in [0.29, 0.717) is 23.1 Å². The molecule has 1 saturated carbocycles. The van der Waals surface area contributed by atoms with Crippen molar-refractivity contribution in [2.24, 2.45) is 0 Å². The molecule has 5 rings (SSSR count). The van der Waals surface area contributed by atoms with E-state index >= 15 is 0 Å². The molecule has 1 aliphatic carbocycles. The zero-order valence-electron chi connectivity index (χ0n) is 30.8. The monoisotopic (exact) mass is 814 g/mol. The van der Waals surface area contributed by atoms with E-state index < -0.39 is 72.1 Å². The van der Waals surface area contributed by atoms with Gasteiger partial charge in [-0.2, -0.15) is 5.26 Å². The maximum atomic E-state index is 13.2. The van der Waals surface area contributed by atoms with E-state index in [1.54, 1.807) is 12.3 Å². The maximum absolute atomic E-state index is 13.2. The first-order valence-electron chi connectivity index (χ1n) is 19.1. The first-order chi connectivity index (χ1) is 25.9. The summed E-state index contributed by atoms with van der Waals surface area (Å²) < 4.78 is 67.1. The average molecular weight is 815 g/mol. The van der Waals surface area contributed by atoms with Crippen LogP contribution in [-0.4, -0.2) is 77.4 Å². The minimum Gasteiger partial charge on any atom is -0.438 e. The summed E-state index contributed by atoms with van der Waals surface area (Å²) in [6, 6.07) is 3.97. The van der Waals surface area contributed by atoms with Crippen LogP contribution in [-0.2, 0) is 42.7 Å². The van der Waals surface area contributed by atoms with E-state index in [-0.39, 0.29) is 23.2 Å². The van der Waals surface area contributed by atoms with Crippen molar-refractivity contribution in [2.75, 3.05) is 23.4 Å². The predicted octanol–water partition coefficient (Wildman–Crippen LogP) is 7.88. The van der Waals surface area contributed by atoms with Crippen LogP contribution in [0.5, 0.6) is 0 Å². The minimum atomic E-state index is -4.78. The Bertz CT molecular complexity index is 1800. The number of aromatic nitrogens is 2. The number of anilines is 1. The smallest absolute Gasteiger partial charge is 0.438 e. The molecule has 5 atom stereocenters. The van der Waals surface area contributed by atoms with Crippen LogP contribution >= 0.6 is 19.2 Å². The highest BCUT2D eigenvalue weighted by molar-refractivity contribution is 7.97. The summed E-state index contributed by atoms with van der Waals surface area (Å²) in [5.74, 6) is -1.42. The lowest BCUT2D eigenvalue weighted by molar-refractivity contribution is -0.150. The van der Waals surface area contributed by atoms with Crippen LogP contribution in [0.15, 0.2) is 12.3 Å². The maximum Gasteiger partial charge on any atom is 0.509 e. The summed E-state index contributed by atoms with van der Waals surface area (Å²) in [6.45, 7) is 1.34. The van der Waals surface area contributed by atoms with Gasteiger partial charge in [0.1, 0.15) is 23.4 Å². The second-order valence-corrected chi connectivity index (χ2v) is 19.2. The van der Waals surface area contributed by atoms with Crippen LogP contribution in [0.2, 0.25) is 5.15 Å². The molecular weight excluding hydrogens is 763 g/mol. The average Bonchev–Trinajstić information content (AvgIpc) is 3.91. The number of hydrogen-bond donors (Lipinski definition) is 2. The highest BCUT2D eigenvalue weighted by Gasteiger charge is 2.56. The molecule has 0 bridgehead atoms. The number of esters is 1. The quantitative estimate of drug-likeness (QED) is 0.0360. The topological polar surface area (TPSA) is 205 Å².